The molecule has 9 heteroatoms. The number of nitrogens with one attached hydrogen (secondary N) is 1. The van der Waals surface area contributed by atoms with Crippen LogP contribution in [0.3, 0.4) is 0 Å². The van der Waals surface area contributed by atoms with Crippen molar-refractivity contribution in [3.05, 3.63) is 75.3 Å². The van der Waals surface area contributed by atoms with E-state index in [0.29, 0.717) is 6.54 Å². The van der Waals surface area contributed by atoms with E-state index in [1.165, 1.54) is 28.7 Å². The lowest BCUT2D eigenvalue weighted by molar-refractivity contribution is -0.384. The molecule has 2 rings (SSSR count). The zero-order valence-electron chi connectivity index (χ0n) is 16.8. The second-order valence-corrected chi connectivity index (χ2v) is 6.57. The van der Waals surface area contributed by atoms with E-state index in [-0.39, 0.29) is 17.2 Å². The van der Waals surface area contributed by atoms with Crippen molar-refractivity contribution in [1.29, 1.82) is 0 Å². The van der Waals surface area contributed by atoms with Crippen molar-refractivity contribution >= 4 is 23.5 Å². The Morgan fingerprint density at radius 3 is 2.40 bits per heavy atom. The number of ether oxygens (including phenoxy) is 1. The number of nitro groups is 1. The Balaban J connectivity index is 1.76. The molecule has 0 atom stereocenters. The standard InChI is InChI=1S/C21H23N3O6/c1-3-15-7-9-16(10-8-15)13-23(2)19(25)14-30-20(26)12-22-21(27)17-5-4-6-18(11-17)24(28)29/h4-11H,3,12-14H2,1-2H3,(H,22,27). The van der Waals surface area contributed by atoms with Gasteiger partial charge in [0.1, 0.15) is 6.54 Å². The van der Waals surface area contributed by atoms with Crippen molar-refractivity contribution in [2.24, 2.45) is 0 Å². The van der Waals surface area contributed by atoms with Crippen LogP contribution in [0.4, 0.5) is 5.69 Å². The molecule has 0 bridgehead atoms. The lowest BCUT2D eigenvalue weighted by atomic mass is 10.1. The molecule has 0 aromatic heterocycles. The van der Waals surface area contributed by atoms with Gasteiger partial charge in [-0.15, -0.1) is 0 Å². The topological polar surface area (TPSA) is 119 Å². The minimum absolute atomic E-state index is 0.0434. The molecule has 0 radical (unpaired) electrons. The van der Waals surface area contributed by atoms with E-state index in [2.05, 4.69) is 12.2 Å². The van der Waals surface area contributed by atoms with E-state index in [9.17, 15) is 24.5 Å². The van der Waals surface area contributed by atoms with Crippen LogP contribution in [-0.2, 0) is 27.3 Å². The van der Waals surface area contributed by atoms with Gasteiger partial charge in [0.25, 0.3) is 17.5 Å². The van der Waals surface area contributed by atoms with Gasteiger partial charge >= 0.3 is 5.97 Å². The second kappa shape index (κ2) is 10.7. The van der Waals surface area contributed by atoms with Crippen LogP contribution in [0.2, 0.25) is 0 Å². The van der Waals surface area contributed by atoms with Gasteiger partial charge in [-0.3, -0.25) is 24.5 Å². The molecule has 1 N–H and O–H groups in total. The van der Waals surface area contributed by atoms with E-state index in [1.807, 2.05) is 24.3 Å². The lowest BCUT2D eigenvalue weighted by Gasteiger charge is -2.17. The van der Waals surface area contributed by atoms with Crippen LogP contribution in [0.25, 0.3) is 0 Å². The maximum Gasteiger partial charge on any atom is 0.325 e. The summed E-state index contributed by atoms with van der Waals surface area (Å²) in [5.41, 5.74) is 1.97. The number of aryl methyl sites for hydroxylation is 1. The number of hydrogen-bond donors (Lipinski definition) is 1. The first-order valence-corrected chi connectivity index (χ1v) is 9.30. The molecule has 9 nitrogen and oxygen atoms in total. The molecular weight excluding hydrogens is 390 g/mol. The van der Waals surface area contributed by atoms with Crippen LogP contribution in [0.1, 0.15) is 28.4 Å². The highest BCUT2D eigenvalue weighted by atomic mass is 16.6. The quantitative estimate of drug-likeness (QED) is 0.382. The van der Waals surface area contributed by atoms with Gasteiger partial charge in [0.05, 0.1) is 4.92 Å². The molecule has 0 fully saturated rings. The van der Waals surface area contributed by atoms with Gasteiger partial charge in [0.2, 0.25) is 0 Å². The van der Waals surface area contributed by atoms with Crippen LogP contribution in [0.5, 0.6) is 0 Å². The summed E-state index contributed by atoms with van der Waals surface area (Å²) in [7, 11) is 1.61. The number of rotatable bonds is 9. The monoisotopic (exact) mass is 413 g/mol. The van der Waals surface area contributed by atoms with Gasteiger partial charge < -0.3 is 15.0 Å². The average molecular weight is 413 g/mol. The maximum absolute atomic E-state index is 12.1. The number of non-ortho nitro benzene ring substituents is 1. The third-order valence-corrected chi connectivity index (χ3v) is 4.35. The number of amides is 2. The van der Waals surface area contributed by atoms with E-state index >= 15 is 0 Å². The molecule has 0 saturated carbocycles. The predicted octanol–water partition coefficient (Wildman–Crippen LogP) is 2.09. The number of nitro benzene ring substituents is 1. The molecule has 0 spiro atoms. The number of benzene rings is 2. The summed E-state index contributed by atoms with van der Waals surface area (Å²) >= 11 is 0. The summed E-state index contributed by atoms with van der Waals surface area (Å²) in [6, 6.07) is 13.0. The largest absolute Gasteiger partial charge is 0.454 e. The molecule has 0 aliphatic carbocycles. The van der Waals surface area contributed by atoms with Crippen molar-refractivity contribution < 1.29 is 24.0 Å². The molecule has 0 aliphatic rings. The summed E-state index contributed by atoms with van der Waals surface area (Å²) in [5.74, 6) is -1.83. The first kappa shape index (κ1) is 22.5. The van der Waals surface area contributed by atoms with Crippen LogP contribution < -0.4 is 5.32 Å². The Morgan fingerprint density at radius 1 is 1.10 bits per heavy atom. The van der Waals surface area contributed by atoms with E-state index < -0.39 is 30.0 Å². The molecule has 0 aliphatic heterocycles. The number of nitrogens with zero attached hydrogens (tertiary/aromatic N) is 2. The van der Waals surface area contributed by atoms with Gasteiger partial charge in [-0.05, 0) is 23.6 Å². The number of esters is 1. The van der Waals surface area contributed by atoms with E-state index in [4.69, 9.17) is 4.74 Å². The summed E-state index contributed by atoms with van der Waals surface area (Å²) in [6.07, 6.45) is 0.933. The third kappa shape index (κ3) is 6.69. The first-order chi connectivity index (χ1) is 14.3. The Kier molecular flexibility index (Phi) is 8.04. The predicted molar refractivity (Wildman–Crippen MR) is 109 cm³/mol. The molecule has 2 aromatic rings. The fraction of sp³-hybridized carbons (Fsp3) is 0.286. The van der Waals surface area contributed by atoms with Gasteiger partial charge in [-0.2, -0.15) is 0 Å². The van der Waals surface area contributed by atoms with Crippen molar-refractivity contribution in [1.82, 2.24) is 10.2 Å². The normalized spacial score (nSPS) is 10.2. The van der Waals surface area contributed by atoms with Gasteiger partial charge in [0, 0.05) is 31.3 Å². The molecule has 30 heavy (non-hydrogen) atoms. The summed E-state index contributed by atoms with van der Waals surface area (Å²) in [4.78, 5) is 47.5. The summed E-state index contributed by atoms with van der Waals surface area (Å²) in [5, 5.41) is 13.1. The summed E-state index contributed by atoms with van der Waals surface area (Å²) < 4.78 is 4.89. The van der Waals surface area contributed by atoms with Crippen LogP contribution in [0.15, 0.2) is 48.5 Å². The van der Waals surface area contributed by atoms with E-state index in [1.54, 1.807) is 7.05 Å². The van der Waals surface area contributed by atoms with Crippen LogP contribution in [-0.4, -0.2) is 47.8 Å². The first-order valence-electron chi connectivity index (χ1n) is 9.30. The number of carbonyl (C=O) groups excluding carboxylic acids is 3. The molecule has 0 saturated heterocycles. The highest BCUT2D eigenvalue weighted by Crippen LogP contribution is 2.12. The zero-order valence-corrected chi connectivity index (χ0v) is 16.8. The fourth-order valence-electron chi connectivity index (χ4n) is 2.56. The lowest BCUT2D eigenvalue weighted by Crippen LogP contribution is -2.34. The van der Waals surface area contributed by atoms with Crippen LogP contribution in [0, 0.1) is 10.1 Å². The Hall–Kier alpha value is -3.75. The highest BCUT2D eigenvalue weighted by molar-refractivity contribution is 5.96. The van der Waals surface area contributed by atoms with Gasteiger partial charge in [0.15, 0.2) is 6.61 Å². The maximum atomic E-state index is 12.1. The fourth-order valence-corrected chi connectivity index (χ4v) is 2.56. The van der Waals surface area contributed by atoms with Crippen molar-refractivity contribution in [2.45, 2.75) is 19.9 Å². The number of hydrogen-bond acceptors (Lipinski definition) is 6. The minimum atomic E-state index is -0.789. The van der Waals surface area contributed by atoms with Crippen molar-refractivity contribution in [3.63, 3.8) is 0 Å². The van der Waals surface area contributed by atoms with Crippen LogP contribution >= 0.6 is 0 Å². The minimum Gasteiger partial charge on any atom is -0.454 e. The Labute approximate surface area is 173 Å². The molecular formula is C21H23N3O6. The smallest absolute Gasteiger partial charge is 0.325 e. The number of likely N-dealkylation sites (N-methyl/N-ethyl adjacent to an activating group) is 1. The summed E-state index contributed by atoms with van der Waals surface area (Å²) in [6.45, 7) is 1.53. The average Bonchev–Trinajstić information content (AvgIpc) is 2.76. The van der Waals surface area contributed by atoms with Crippen molar-refractivity contribution in [3.8, 4) is 0 Å². The molecule has 0 heterocycles. The van der Waals surface area contributed by atoms with E-state index in [0.717, 1.165) is 18.1 Å². The van der Waals surface area contributed by atoms with Gasteiger partial charge in [-0.25, -0.2) is 0 Å². The number of carbonyl (C=O) groups is 3. The molecule has 0 unspecified atom stereocenters. The molecule has 2 aromatic carbocycles. The highest BCUT2D eigenvalue weighted by Gasteiger charge is 2.15. The second-order valence-electron chi connectivity index (χ2n) is 6.57. The molecule has 2 amide bonds. The van der Waals surface area contributed by atoms with Crippen molar-refractivity contribution in [2.75, 3.05) is 20.2 Å². The van der Waals surface area contributed by atoms with Gasteiger partial charge in [-0.1, -0.05) is 37.3 Å². The Morgan fingerprint density at radius 2 is 1.77 bits per heavy atom. The SMILES string of the molecule is CCc1ccc(CN(C)C(=O)COC(=O)CNC(=O)c2cccc([N+](=O)[O-])c2)cc1. The Bertz CT molecular complexity index is 927. The third-order valence-electron chi connectivity index (χ3n) is 4.35. The zero-order chi connectivity index (χ0) is 22.1. The molecule has 158 valence electrons.